The van der Waals surface area contributed by atoms with Gasteiger partial charge in [-0.15, -0.1) is 0 Å². The smallest absolute Gasteiger partial charge is 0.309 e. The first-order valence-corrected chi connectivity index (χ1v) is 11.7. The zero-order chi connectivity index (χ0) is 23.3. The van der Waals surface area contributed by atoms with Crippen molar-refractivity contribution in [1.29, 1.82) is 0 Å². The molecule has 2 aromatic carbocycles. The quantitative estimate of drug-likeness (QED) is 0.534. The molecule has 3 aliphatic rings. The molecular formula is C26H28F3NO3. The molecule has 4 nitrogen and oxygen atoms in total. The Bertz CT molecular complexity index is 1080. The van der Waals surface area contributed by atoms with E-state index in [0.29, 0.717) is 48.8 Å². The Morgan fingerprint density at radius 1 is 1.12 bits per heavy atom. The third-order valence-electron chi connectivity index (χ3n) is 7.10. The van der Waals surface area contributed by atoms with Crippen LogP contribution in [0.15, 0.2) is 24.3 Å². The summed E-state index contributed by atoms with van der Waals surface area (Å²) >= 11 is 0. The highest BCUT2D eigenvalue weighted by atomic mass is 19.2. The van der Waals surface area contributed by atoms with E-state index in [1.807, 2.05) is 6.07 Å². The van der Waals surface area contributed by atoms with Crippen LogP contribution in [0.4, 0.5) is 18.9 Å². The summed E-state index contributed by atoms with van der Waals surface area (Å²) in [5.74, 6) is -1.94. The second-order valence-electron chi connectivity index (χ2n) is 9.53. The number of benzene rings is 2. The first-order chi connectivity index (χ1) is 15.9. The highest BCUT2D eigenvalue weighted by Gasteiger charge is 2.47. The van der Waals surface area contributed by atoms with E-state index in [9.17, 15) is 13.6 Å². The summed E-state index contributed by atoms with van der Waals surface area (Å²) in [6, 6.07) is 6.20. The molecule has 1 aliphatic heterocycles. The van der Waals surface area contributed by atoms with Gasteiger partial charge in [0.2, 0.25) is 0 Å². The zero-order valence-electron chi connectivity index (χ0n) is 18.9. The van der Waals surface area contributed by atoms with Crippen LogP contribution >= 0.6 is 0 Å². The molecule has 0 aromatic heterocycles. The summed E-state index contributed by atoms with van der Waals surface area (Å²) in [5.41, 5.74) is 2.02. The predicted molar refractivity (Wildman–Crippen MR) is 118 cm³/mol. The van der Waals surface area contributed by atoms with Crippen LogP contribution in [-0.4, -0.2) is 25.2 Å². The predicted octanol–water partition coefficient (Wildman–Crippen LogP) is 5.51. The normalized spacial score (nSPS) is 25.8. The van der Waals surface area contributed by atoms with Gasteiger partial charge in [0.05, 0.1) is 24.3 Å². The number of halogens is 3. The van der Waals surface area contributed by atoms with Gasteiger partial charge in [-0.3, -0.25) is 4.79 Å². The molecule has 176 valence electrons. The Kier molecular flexibility index (Phi) is 5.75. The summed E-state index contributed by atoms with van der Waals surface area (Å²) in [6.07, 6.45) is 2.82. The summed E-state index contributed by atoms with van der Waals surface area (Å²) in [7, 11) is 0. The fraction of sp³-hybridized carbons (Fsp3) is 0.500. The van der Waals surface area contributed by atoms with E-state index in [2.05, 4.69) is 6.92 Å². The summed E-state index contributed by atoms with van der Waals surface area (Å²) in [5, 5.41) is 0. The first kappa shape index (κ1) is 22.1. The van der Waals surface area contributed by atoms with Crippen molar-refractivity contribution in [1.82, 2.24) is 0 Å². The van der Waals surface area contributed by atoms with Crippen LogP contribution in [0.5, 0.6) is 5.75 Å². The maximum Gasteiger partial charge on any atom is 0.309 e. The maximum atomic E-state index is 15.3. The van der Waals surface area contributed by atoms with Gasteiger partial charge >= 0.3 is 5.97 Å². The lowest BCUT2D eigenvalue weighted by molar-refractivity contribution is -0.144. The van der Waals surface area contributed by atoms with Crippen LogP contribution in [0.3, 0.4) is 0 Å². The fourth-order valence-corrected chi connectivity index (χ4v) is 5.14. The van der Waals surface area contributed by atoms with E-state index in [0.717, 1.165) is 24.5 Å². The monoisotopic (exact) mass is 459 g/mol. The Morgan fingerprint density at radius 2 is 1.91 bits per heavy atom. The van der Waals surface area contributed by atoms with Gasteiger partial charge < -0.3 is 14.4 Å². The lowest BCUT2D eigenvalue weighted by atomic mass is 9.84. The van der Waals surface area contributed by atoms with E-state index in [1.165, 1.54) is 0 Å². The van der Waals surface area contributed by atoms with Gasteiger partial charge in [0, 0.05) is 31.1 Å². The number of carbonyl (C=O) groups is 1. The molecule has 0 radical (unpaired) electrons. The Balaban J connectivity index is 1.34. The van der Waals surface area contributed by atoms with Crippen LogP contribution in [0.2, 0.25) is 0 Å². The summed E-state index contributed by atoms with van der Waals surface area (Å²) in [4.78, 5) is 13.7. The van der Waals surface area contributed by atoms with E-state index >= 15 is 4.39 Å². The largest absolute Gasteiger partial charge is 0.490 e. The number of carbonyl (C=O) groups excluding carboxylic acids is 1. The molecule has 2 fully saturated rings. The van der Waals surface area contributed by atoms with Gasteiger partial charge in [-0.25, -0.2) is 13.2 Å². The average Bonchev–Trinajstić information content (AvgIpc) is 3.56. The Labute approximate surface area is 191 Å². The number of fused-ring (bicyclic) bond motifs is 1. The van der Waals surface area contributed by atoms with Crippen LogP contribution in [0.25, 0.3) is 0 Å². The molecule has 0 N–H and O–H groups in total. The van der Waals surface area contributed by atoms with Crippen molar-refractivity contribution >= 4 is 11.7 Å². The lowest BCUT2D eigenvalue weighted by Crippen LogP contribution is -2.33. The molecule has 2 atom stereocenters. The Morgan fingerprint density at radius 3 is 2.64 bits per heavy atom. The van der Waals surface area contributed by atoms with Crippen LogP contribution in [0, 0.1) is 29.3 Å². The third kappa shape index (κ3) is 4.18. The maximum absolute atomic E-state index is 15.3. The van der Waals surface area contributed by atoms with Gasteiger partial charge in [0.15, 0.2) is 11.6 Å². The van der Waals surface area contributed by atoms with Crippen molar-refractivity contribution < 1.29 is 27.4 Å². The highest BCUT2D eigenvalue weighted by Crippen LogP contribution is 2.50. The van der Waals surface area contributed by atoms with Crippen LogP contribution in [-0.2, 0) is 22.5 Å². The van der Waals surface area contributed by atoms with Crippen molar-refractivity contribution in [3.8, 4) is 5.75 Å². The molecule has 0 saturated heterocycles. The molecule has 0 bridgehead atoms. The molecule has 5 rings (SSSR count). The minimum absolute atomic E-state index is 0.0353. The van der Waals surface area contributed by atoms with Gasteiger partial charge in [-0.2, -0.15) is 0 Å². The first-order valence-electron chi connectivity index (χ1n) is 11.7. The molecular weight excluding hydrogens is 431 g/mol. The topological polar surface area (TPSA) is 38.8 Å². The Hall–Kier alpha value is -2.70. The van der Waals surface area contributed by atoms with E-state index in [1.54, 1.807) is 24.0 Å². The SMILES string of the molecule is CCOC(=O)C1CC1c1ccc2c(c1F)CCN(c1cc(OC3CC(C)C3)cc(F)c1F)C2. The number of anilines is 1. The average molecular weight is 460 g/mol. The van der Waals surface area contributed by atoms with Crippen molar-refractivity contribution in [3.05, 3.63) is 58.4 Å². The van der Waals surface area contributed by atoms with Crippen molar-refractivity contribution in [2.75, 3.05) is 18.1 Å². The minimum atomic E-state index is -0.944. The molecule has 33 heavy (non-hydrogen) atoms. The number of nitrogens with zero attached hydrogens (tertiary/aromatic N) is 1. The summed E-state index contributed by atoms with van der Waals surface area (Å²) in [6.45, 7) is 4.84. The molecule has 7 heteroatoms. The van der Waals surface area contributed by atoms with Crippen molar-refractivity contribution in [2.24, 2.45) is 11.8 Å². The molecule has 2 unspecified atom stereocenters. The third-order valence-corrected chi connectivity index (χ3v) is 7.10. The summed E-state index contributed by atoms with van der Waals surface area (Å²) < 4.78 is 55.2. The number of hydrogen-bond acceptors (Lipinski definition) is 4. The number of hydrogen-bond donors (Lipinski definition) is 0. The molecule has 1 heterocycles. The van der Waals surface area contributed by atoms with E-state index < -0.39 is 11.6 Å². The van der Waals surface area contributed by atoms with Gasteiger partial charge in [-0.05, 0) is 55.2 Å². The number of rotatable bonds is 6. The minimum Gasteiger partial charge on any atom is -0.490 e. The molecule has 0 spiro atoms. The standard InChI is InChI=1S/C26H28F3NO3/c1-3-32-26(31)21-12-20(21)19-5-4-15-13-30(7-6-18(15)24(19)28)23-11-17(10-22(27)25(23)29)33-16-8-14(2)9-16/h4-5,10-11,14,16,20-21H,3,6-9,12-13H2,1-2H3. The lowest BCUT2D eigenvalue weighted by Gasteiger charge is -2.34. The second-order valence-corrected chi connectivity index (χ2v) is 9.53. The molecule has 2 saturated carbocycles. The fourth-order valence-electron chi connectivity index (χ4n) is 5.14. The van der Waals surface area contributed by atoms with Crippen LogP contribution < -0.4 is 9.64 Å². The van der Waals surface area contributed by atoms with Crippen molar-refractivity contribution in [3.63, 3.8) is 0 Å². The zero-order valence-corrected chi connectivity index (χ0v) is 18.9. The highest BCUT2D eigenvalue weighted by molar-refractivity contribution is 5.77. The van der Waals surface area contributed by atoms with E-state index in [-0.39, 0.29) is 42.0 Å². The number of ether oxygens (including phenoxy) is 2. The molecule has 2 aliphatic carbocycles. The molecule has 0 amide bonds. The van der Waals surface area contributed by atoms with Crippen LogP contribution in [0.1, 0.15) is 55.7 Å². The van der Waals surface area contributed by atoms with Crippen molar-refractivity contribution in [2.45, 2.75) is 58.1 Å². The van der Waals surface area contributed by atoms with Gasteiger partial charge in [-0.1, -0.05) is 19.1 Å². The van der Waals surface area contributed by atoms with Gasteiger partial charge in [0.25, 0.3) is 0 Å². The second kappa shape index (κ2) is 8.58. The number of esters is 1. The molecule has 2 aromatic rings. The van der Waals surface area contributed by atoms with Gasteiger partial charge in [0.1, 0.15) is 11.6 Å². The van der Waals surface area contributed by atoms with E-state index in [4.69, 9.17) is 9.47 Å².